The van der Waals surface area contributed by atoms with Crippen LogP contribution < -0.4 is 4.74 Å². The van der Waals surface area contributed by atoms with Gasteiger partial charge in [0.15, 0.2) is 0 Å². The van der Waals surface area contributed by atoms with E-state index in [0.717, 1.165) is 31.3 Å². The molecule has 2 unspecified atom stereocenters. The van der Waals surface area contributed by atoms with Crippen LogP contribution in [0.1, 0.15) is 67.2 Å². The Morgan fingerprint density at radius 2 is 1.57 bits per heavy atom. The van der Waals surface area contributed by atoms with Gasteiger partial charge >= 0.3 is 0 Å². The topological polar surface area (TPSA) is 26.3 Å². The maximum Gasteiger partial charge on any atom is 0.120 e. The number of fused-ring (bicyclic) bond motifs is 1. The molecule has 2 heteroatoms. The number of aldehydes is 1. The molecule has 2 atom stereocenters. The van der Waals surface area contributed by atoms with Crippen molar-refractivity contribution in [1.29, 1.82) is 0 Å². The quantitative estimate of drug-likeness (QED) is 0.317. The van der Waals surface area contributed by atoms with E-state index in [-0.39, 0.29) is 0 Å². The minimum absolute atomic E-state index is 0.358. The van der Waals surface area contributed by atoms with Crippen molar-refractivity contribution in [2.75, 3.05) is 6.61 Å². The number of ether oxygens (including phenoxy) is 1. The zero-order valence-electron chi connectivity index (χ0n) is 18.1. The first-order chi connectivity index (χ1) is 14.9. The summed E-state index contributed by atoms with van der Waals surface area (Å²) in [4.78, 5) is 10.4. The minimum atomic E-state index is 0.358. The van der Waals surface area contributed by atoms with Gasteiger partial charge in [-0.2, -0.15) is 0 Å². The van der Waals surface area contributed by atoms with E-state index in [2.05, 4.69) is 78.9 Å². The molecule has 0 fully saturated rings. The molecule has 3 aromatic rings. The van der Waals surface area contributed by atoms with Crippen molar-refractivity contribution in [2.45, 2.75) is 51.4 Å². The summed E-state index contributed by atoms with van der Waals surface area (Å²) >= 11 is 0. The molecule has 1 aliphatic rings. The molecule has 0 saturated heterocycles. The standard InChI is InChI=1S/C26H26O2.C2H6/c27-18-6-7-19-28-23-15-12-22(13-16-23)26-24-11-5-4-10-21(24)14-17-25(26)20-8-2-1-3-9-20;1-2/h1-5,8-13,15-16,18,25-26H,6-7,14,17,19H2;1-2H3. The summed E-state index contributed by atoms with van der Waals surface area (Å²) in [6.45, 7) is 4.58. The summed E-state index contributed by atoms with van der Waals surface area (Å²) in [6.07, 6.45) is 4.55. The molecular weight excluding hydrogens is 368 g/mol. The monoisotopic (exact) mass is 400 g/mol. The average molecular weight is 401 g/mol. The van der Waals surface area contributed by atoms with Crippen LogP contribution in [0.4, 0.5) is 0 Å². The maximum absolute atomic E-state index is 10.4. The normalized spacial score (nSPS) is 17.3. The summed E-state index contributed by atoms with van der Waals surface area (Å²) in [5.74, 6) is 1.71. The SMILES string of the molecule is CC.O=CCCCOc1ccc(C2c3ccccc3CCC2c2ccccc2)cc1. The Morgan fingerprint density at radius 1 is 0.867 bits per heavy atom. The fourth-order valence-electron chi connectivity index (χ4n) is 4.36. The lowest BCUT2D eigenvalue weighted by Gasteiger charge is -2.34. The van der Waals surface area contributed by atoms with Crippen LogP contribution in [0.15, 0.2) is 78.9 Å². The van der Waals surface area contributed by atoms with E-state index in [1.54, 1.807) is 0 Å². The van der Waals surface area contributed by atoms with Gasteiger partial charge in [-0.25, -0.2) is 0 Å². The Bertz CT molecular complexity index is 899. The fraction of sp³-hybridized carbons (Fsp3) is 0.321. The van der Waals surface area contributed by atoms with Gasteiger partial charge in [-0.1, -0.05) is 80.6 Å². The predicted molar refractivity (Wildman–Crippen MR) is 124 cm³/mol. The van der Waals surface area contributed by atoms with Crippen LogP contribution >= 0.6 is 0 Å². The highest BCUT2D eigenvalue weighted by atomic mass is 16.5. The van der Waals surface area contributed by atoms with Crippen molar-refractivity contribution >= 4 is 6.29 Å². The van der Waals surface area contributed by atoms with Crippen LogP contribution in [0.25, 0.3) is 0 Å². The Hall–Kier alpha value is -2.87. The van der Waals surface area contributed by atoms with Gasteiger partial charge < -0.3 is 9.53 Å². The van der Waals surface area contributed by atoms with Crippen molar-refractivity contribution in [3.8, 4) is 5.75 Å². The van der Waals surface area contributed by atoms with Gasteiger partial charge in [-0.3, -0.25) is 0 Å². The van der Waals surface area contributed by atoms with Gasteiger partial charge in [0.05, 0.1) is 6.61 Å². The second-order valence-electron chi connectivity index (χ2n) is 7.46. The molecule has 30 heavy (non-hydrogen) atoms. The summed E-state index contributed by atoms with van der Waals surface area (Å²) in [5.41, 5.74) is 5.66. The number of carbonyl (C=O) groups excluding carboxylic acids is 1. The summed E-state index contributed by atoms with van der Waals surface area (Å²) < 4.78 is 5.77. The van der Waals surface area contributed by atoms with Gasteiger partial charge in [0.1, 0.15) is 12.0 Å². The van der Waals surface area contributed by atoms with Crippen LogP contribution in [-0.4, -0.2) is 12.9 Å². The maximum atomic E-state index is 10.4. The number of hydrogen-bond acceptors (Lipinski definition) is 2. The summed E-state index contributed by atoms with van der Waals surface area (Å²) in [6, 6.07) is 28.3. The van der Waals surface area contributed by atoms with E-state index in [0.29, 0.717) is 24.9 Å². The molecule has 0 radical (unpaired) electrons. The lowest BCUT2D eigenvalue weighted by atomic mass is 9.69. The highest BCUT2D eigenvalue weighted by molar-refractivity contribution is 5.49. The number of hydrogen-bond donors (Lipinski definition) is 0. The molecule has 0 N–H and O–H groups in total. The molecule has 0 aromatic heterocycles. The Labute approximate surface area is 180 Å². The first-order valence-electron chi connectivity index (χ1n) is 11.2. The van der Waals surface area contributed by atoms with Crippen molar-refractivity contribution in [2.24, 2.45) is 0 Å². The van der Waals surface area contributed by atoms with Gasteiger partial charge in [0, 0.05) is 12.3 Å². The second-order valence-corrected chi connectivity index (χ2v) is 7.46. The highest BCUT2D eigenvalue weighted by Crippen LogP contribution is 2.46. The molecule has 0 spiro atoms. The largest absolute Gasteiger partial charge is 0.494 e. The van der Waals surface area contributed by atoms with Gasteiger partial charge in [0.25, 0.3) is 0 Å². The molecular formula is C28H32O2. The van der Waals surface area contributed by atoms with Crippen LogP contribution in [0.3, 0.4) is 0 Å². The zero-order valence-corrected chi connectivity index (χ0v) is 18.1. The van der Waals surface area contributed by atoms with E-state index in [1.807, 2.05) is 13.8 Å². The first-order valence-corrected chi connectivity index (χ1v) is 11.2. The van der Waals surface area contributed by atoms with Crippen LogP contribution in [0.2, 0.25) is 0 Å². The first kappa shape index (κ1) is 21.8. The van der Waals surface area contributed by atoms with Crippen molar-refractivity contribution in [1.82, 2.24) is 0 Å². The molecule has 3 aromatic carbocycles. The van der Waals surface area contributed by atoms with E-state index >= 15 is 0 Å². The molecule has 156 valence electrons. The van der Waals surface area contributed by atoms with Crippen molar-refractivity contribution in [3.63, 3.8) is 0 Å². The summed E-state index contributed by atoms with van der Waals surface area (Å²) in [7, 11) is 0. The molecule has 0 saturated carbocycles. The Balaban J connectivity index is 0.00000124. The lowest BCUT2D eigenvalue weighted by Crippen LogP contribution is -2.20. The van der Waals surface area contributed by atoms with E-state index in [4.69, 9.17) is 4.74 Å². The van der Waals surface area contributed by atoms with E-state index in [9.17, 15) is 4.79 Å². The molecule has 0 heterocycles. The van der Waals surface area contributed by atoms with Crippen LogP contribution in [-0.2, 0) is 11.2 Å². The summed E-state index contributed by atoms with van der Waals surface area (Å²) in [5, 5.41) is 0. The molecule has 0 bridgehead atoms. The fourth-order valence-corrected chi connectivity index (χ4v) is 4.36. The van der Waals surface area contributed by atoms with Gasteiger partial charge in [-0.15, -0.1) is 0 Å². The van der Waals surface area contributed by atoms with Gasteiger partial charge in [-0.05, 0) is 59.6 Å². The number of unbranched alkanes of at least 4 members (excludes halogenated alkanes) is 1. The van der Waals surface area contributed by atoms with Gasteiger partial charge in [0.2, 0.25) is 0 Å². The predicted octanol–water partition coefficient (Wildman–Crippen LogP) is 6.93. The van der Waals surface area contributed by atoms with Crippen molar-refractivity contribution < 1.29 is 9.53 Å². The van der Waals surface area contributed by atoms with Crippen LogP contribution in [0, 0.1) is 0 Å². The second kappa shape index (κ2) is 11.3. The van der Waals surface area contributed by atoms with Crippen molar-refractivity contribution in [3.05, 3.63) is 101 Å². The van der Waals surface area contributed by atoms with E-state index in [1.165, 1.54) is 22.3 Å². The zero-order chi connectivity index (χ0) is 21.2. The smallest absolute Gasteiger partial charge is 0.120 e. The molecule has 0 amide bonds. The molecule has 0 aliphatic heterocycles. The lowest BCUT2D eigenvalue weighted by molar-refractivity contribution is -0.108. The number of carbonyl (C=O) groups is 1. The number of benzene rings is 3. The Morgan fingerprint density at radius 3 is 2.30 bits per heavy atom. The molecule has 2 nitrogen and oxygen atoms in total. The Kier molecular flexibility index (Phi) is 8.26. The van der Waals surface area contributed by atoms with Crippen LogP contribution in [0.5, 0.6) is 5.75 Å². The minimum Gasteiger partial charge on any atom is -0.494 e. The highest BCUT2D eigenvalue weighted by Gasteiger charge is 2.31. The third-order valence-electron chi connectivity index (χ3n) is 5.72. The third-order valence-corrected chi connectivity index (χ3v) is 5.72. The van der Waals surface area contributed by atoms with E-state index < -0.39 is 0 Å². The third kappa shape index (κ3) is 5.18. The number of aryl methyl sites for hydroxylation is 1. The number of rotatable bonds is 7. The molecule has 4 rings (SSSR count). The average Bonchev–Trinajstić information content (AvgIpc) is 2.83. The molecule has 1 aliphatic carbocycles.